The standard InChI is InChI=1S/C12H17ClN2O2/c1-8(2)11(14-3)7-9-6-10(13)4-5-12(9)15(16)17/h4-6,8,11,14H,7H2,1-3H3. The fourth-order valence-electron chi connectivity index (χ4n) is 1.80. The number of nitro groups is 1. The average molecular weight is 257 g/mol. The van der Waals surface area contributed by atoms with E-state index in [0.717, 1.165) is 0 Å². The third-order valence-electron chi connectivity index (χ3n) is 2.85. The Bertz CT molecular complexity index is 407. The fraction of sp³-hybridized carbons (Fsp3) is 0.500. The molecule has 17 heavy (non-hydrogen) atoms. The molecule has 0 aliphatic carbocycles. The minimum Gasteiger partial charge on any atom is -0.316 e. The number of hydrogen-bond acceptors (Lipinski definition) is 3. The zero-order chi connectivity index (χ0) is 13.0. The molecular formula is C12H17ClN2O2. The van der Waals surface area contributed by atoms with Crippen LogP contribution in [-0.4, -0.2) is 18.0 Å². The van der Waals surface area contributed by atoms with Gasteiger partial charge in [-0.25, -0.2) is 0 Å². The van der Waals surface area contributed by atoms with Crippen LogP contribution in [0.3, 0.4) is 0 Å². The van der Waals surface area contributed by atoms with E-state index in [9.17, 15) is 10.1 Å². The summed E-state index contributed by atoms with van der Waals surface area (Å²) in [4.78, 5) is 10.6. The Kier molecular flexibility index (Phi) is 4.90. The second-order valence-electron chi connectivity index (χ2n) is 4.37. The fourth-order valence-corrected chi connectivity index (χ4v) is 2.00. The molecule has 1 N–H and O–H groups in total. The van der Waals surface area contributed by atoms with E-state index in [2.05, 4.69) is 19.2 Å². The first kappa shape index (κ1) is 13.9. The van der Waals surface area contributed by atoms with Gasteiger partial charge in [-0.3, -0.25) is 10.1 Å². The molecule has 0 aliphatic rings. The molecule has 0 spiro atoms. The molecular weight excluding hydrogens is 240 g/mol. The van der Waals surface area contributed by atoms with Crippen molar-refractivity contribution >= 4 is 17.3 Å². The van der Waals surface area contributed by atoms with Gasteiger partial charge in [0.25, 0.3) is 5.69 Å². The number of hydrogen-bond donors (Lipinski definition) is 1. The molecule has 0 saturated heterocycles. The van der Waals surface area contributed by atoms with Gasteiger partial charge in [-0.1, -0.05) is 25.4 Å². The zero-order valence-corrected chi connectivity index (χ0v) is 11.0. The maximum atomic E-state index is 10.9. The lowest BCUT2D eigenvalue weighted by Crippen LogP contribution is -2.32. The number of halogens is 1. The molecule has 0 aliphatic heterocycles. The molecule has 94 valence electrons. The lowest BCUT2D eigenvalue weighted by atomic mass is 9.96. The van der Waals surface area contributed by atoms with Crippen molar-refractivity contribution in [2.24, 2.45) is 5.92 Å². The van der Waals surface area contributed by atoms with E-state index in [0.29, 0.717) is 22.9 Å². The molecule has 1 atom stereocenters. The van der Waals surface area contributed by atoms with Crippen LogP contribution in [0.25, 0.3) is 0 Å². The summed E-state index contributed by atoms with van der Waals surface area (Å²) in [5, 5.41) is 14.6. The molecule has 0 aromatic heterocycles. The van der Waals surface area contributed by atoms with Crippen molar-refractivity contribution in [1.29, 1.82) is 0 Å². The van der Waals surface area contributed by atoms with Crippen molar-refractivity contribution < 1.29 is 4.92 Å². The minimum absolute atomic E-state index is 0.135. The van der Waals surface area contributed by atoms with Crippen molar-refractivity contribution in [3.05, 3.63) is 38.9 Å². The molecule has 0 saturated carbocycles. The topological polar surface area (TPSA) is 55.2 Å². The van der Waals surface area contributed by atoms with Crippen molar-refractivity contribution in [2.45, 2.75) is 26.3 Å². The molecule has 1 unspecified atom stereocenters. The lowest BCUT2D eigenvalue weighted by Gasteiger charge is -2.20. The number of nitrogens with one attached hydrogen (secondary N) is 1. The van der Waals surface area contributed by atoms with E-state index >= 15 is 0 Å². The van der Waals surface area contributed by atoms with Gasteiger partial charge in [0.15, 0.2) is 0 Å². The first-order chi connectivity index (χ1) is 7.95. The molecule has 0 fully saturated rings. The van der Waals surface area contributed by atoms with Crippen molar-refractivity contribution in [3.63, 3.8) is 0 Å². The highest BCUT2D eigenvalue weighted by Gasteiger charge is 2.19. The number of rotatable bonds is 5. The molecule has 1 aromatic rings. The molecule has 1 rings (SSSR count). The van der Waals surface area contributed by atoms with Gasteiger partial charge < -0.3 is 5.32 Å². The van der Waals surface area contributed by atoms with Crippen molar-refractivity contribution in [2.75, 3.05) is 7.05 Å². The smallest absolute Gasteiger partial charge is 0.272 e. The summed E-state index contributed by atoms with van der Waals surface area (Å²) < 4.78 is 0. The highest BCUT2D eigenvalue weighted by Crippen LogP contribution is 2.25. The quantitative estimate of drug-likeness (QED) is 0.651. The SMILES string of the molecule is CNC(Cc1cc(Cl)ccc1[N+](=O)[O-])C(C)C. The van der Waals surface area contributed by atoms with Gasteiger partial charge in [0, 0.05) is 22.7 Å². The molecule has 0 bridgehead atoms. The normalized spacial score (nSPS) is 12.8. The summed E-state index contributed by atoms with van der Waals surface area (Å²) in [6.07, 6.45) is 0.602. The average Bonchev–Trinajstić information content (AvgIpc) is 2.25. The monoisotopic (exact) mass is 256 g/mol. The molecule has 0 heterocycles. The Morgan fingerprint density at radius 2 is 2.12 bits per heavy atom. The largest absolute Gasteiger partial charge is 0.316 e. The second kappa shape index (κ2) is 5.98. The summed E-state index contributed by atoms with van der Waals surface area (Å²) in [5.74, 6) is 0.401. The summed E-state index contributed by atoms with van der Waals surface area (Å²) in [7, 11) is 1.86. The van der Waals surface area contributed by atoms with Crippen LogP contribution in [0.4, 0.5) is 5.69 Å². The summed E-state index contributed by atoms with van der Waals surface area (Å²) in [6, 6.07) is 4.89. The van der Waals surface area contributed by atoms with Gasteiger partial charge in [0.2, 0.25) is 0 Å². The van der Waals surface area contributed by atoms with E-state index in [1.165, 1.54) is 6.07 Å². The van der Waals surface area contributed by atoms with Crippen molar-refractivity contribution in [1.82, 2.24) is 5.32 Å². The lowest BCUT2D eigenvalue weighted by molar-refractivity contribution is -0.385. The predicted octanol–water partition coefficient (Wildman–Crippen LogP) is 3.03. The van der Waals surface area contributed by atoms with E-state index in [1.54, 1.807) is 12.1 Å². The highest BCUT2D eigenvalue weighted by atomic mass is 35.5. The number of nitrogens with zero attached hydrogens (tertiary/aromatic N) is 1. The minimum atomic E-state index is -0.362. The van der Waals surface area contributed by atoms with E-state index in [-0.39, 0.29) is 16.7 Å². The van der Waals surface area contributed by atoms with Crippen molar-refractivity contribution in [3.8, 4) is 0 Å². The highest BCUT2D eigenvalue weighted by molar-refractivity contribution is 6.30. The van der Waals surface area contributed by atoms with Crippen LogP contribution < -0.4 is 5.32 Å². The Balaban J connectivity index is 3.03. The Morgan fingerprint density at radius 3 is 2.59 bits per heavy atom. The zero-order valence-electron chi connectivity index (χ0n) is 10.2. The molecule has 1 aromatic carbocycles. The van der Waals surface area contributed by atoms with Crippen LogP contribution in [0.1, 0.15) is 19.4 Å². The number of nitro benzene ring substituents is 1. The van der Waals surface area contributed by atoms with Crippen LogP contribution in [-0.2, 0) is 6.42 Å². The summed E-state index contributed by atoms with van der Waals surface area (Å²) in [5.41, 5.74) is 0.811. The Morgan fingerprint density at radius 1 is 1.47 bits per heavy atom. The van der Waals surface area contributed by atoms with Gasteiger partial charge in [-0.15, -0.1) is 0 Å². The van der Waals surface area contributed by atoms with Crippen LogP contribution in [0, 0.1) is 16.0 Å². The van der Waals surface area contributed by atoms with Gasteiger partial charge in [0.05, 0.1) is 4.92 Å². The third kappa shape index (κ3) is 3.68. The molecule has 0 amide bonds. The Hall–Kier alpha value is -1.13. The van der Waals surface area contributed by atoms with E-state index < -0.39 is 0 Å². The maximum absolute atomic E-state index is 10.9. The maximum Gasteiger partial charge on any atom is 0.272 e. The predicted molar refractivity (Wildman–Crippen MR) is 69.5 cm³/mol. The van der Waals surface area contributed by atoms with Crippen LogP contribution in [0.2, 0.25) is 5.02 Å². The first-order valence-corrected chi connectivity index (χ1v) is 5.93. The second-order valence-corrected chi connectivity index (χ2v) is 4.81. The number of likely N-dealkylation sites (N-methyl/N-ethyl adjacent to an activating group) is 1. The van der Waals surface area contributed by atoms with E-state index in [1.807, 2.05) is 7.05 Å². The number of benzene rings is 1. The van der Waals surface area contributed by atoms with Gasteiger partial charge in [-0.2, -0.15) is 0 Å². The Labute approximate surface area is 106 Å². The summed E-state index contributed by atoms with van der Waals surface area (Å²) >= 11 is 5.88. The van der Waals surface area contributed by atoms with Crippen LogP contribution in [0.15, 0.2) is 18.2 Å². The third-order valence-corrected chi connectivity index (χ3v) is 3.09. The van der Waals surface area contributed by atoms with Gasteiger partial charge >= 0.3 is 0 Å². The molecule has 4 nitrogen and oxygen atoms in total. The van der Waals surface area contributed by atoms with E-state index in [4.69, 9.17) is 11.6 Å². The molecule has 0 radical (unpaired) electrons. The first-order valence-electron chi connectivity index (χ1n) is 5.55. The van der Waals surface area contributed by atoms with Crippen LogP contribution in [0.5, 0.6) is 0 Å². The van der Waals surface area contributed by atoms with Crippen LogP contribution >= 0.6 is 11.6 Å². The van der Waals surface area contributed by atoms with Gasteiger partial charge in [0.1, 0.15) is 0 Å². The summed E-state index contributed by atoms with van der Waals surface area (Å²) in [6.45, 7) is 4.16. The van der Waals surface area contributed by atoms with Gasteiger partial charge in [-0.05, 0) is 31.5 Å². The molecule has 5 heteroatoms.